The van der Waals surface area contributed by atoms with E-state index in [-0.39, 0.29) is 6.03 Å². The van der Waals surface area contributed by atoms with E-state index < -0.39 is 6.03 Å². The topological polar surface area (TPSA) is 119 Å². The molecule has 1 heterocycles. The molecule has 0 saturated carbocycles. The van der Waals surface area contributed by atoms with E-state index in [1.165, 1.54) is 0 Å². The van der Waals surface area contributed by atoms with Gasteiger partial charge in [0, 0.05) is 54.7 Å². The van der Waals surface area contributed by atoms with E-state index in [9.17, 15) is 9.59 Å². The second kappa shape index (κ2) is 11.9. The number of hydrogen-bond acceptors (Lipinski definition) is 4. The van der Waals surface area contributed by atoms with Crippen molar-refractivity contribution >= 4 is 46.4 Å². The zero-order valence-electron chi connectivity index (χ0n) is 21.2. The molecule has 0 aromatic heterocycles. The fourth-order valence-corrected chi connectivity index (χ4v) is 4.06. The van der Waals surface area contributed by atoms with Gasteiger partial charge in [-0.15, -0.1) is 0 Å². The van der Waals surface area contributed by atoms with Crippen molar-refractivity contribution in [3.63, 3.8) is 0 Å². The summed E-state index contributed by atoms with van der Waals surface area (Å²) in [6.45, 7) is 2.74. The Morgan fingerprint density at radius 2 is 1.51 bits per heavy atom. The first kappa shape index (κ1) is 25.4. The molecule has 3 aromatic carbocycles. The lowest BCUT2D eigenvalue weighted by molar-refractivity contribution is 0.261. The number of urea groups is 2. The van der Waals surface area contributed by atoms with E-state index in [0.717, 1.165) is 47.6 Å². The molecule has 1 aliphatic heterocycles. The van der Waals surface area contributed by atoms with Crippen LogP contribution in [0.5, 0.6) is 0 Å². The lowest BCUT2D eigenvalue weighted by Crippen LogP contribution is -2.22. The summed E-state index contributed by atoms with van der Waals surface area (Å²) >= 11 is 0. The monoisotopic (exact) mass is 497 g/mol. The van der Waals surface area contributed by atoms with E-state index in [2.05, 4.69) is 36.6 Å². The van der Waals surface area contributed by atoms with Crippen molar-refractivity contribution in [2.24, 2.45) is 9.98 Å². The maximum Gasteiger partial charge on any atom is 0.323 e. The summed E-state index contributed by atoms with van der Waals surface area (Å²) in [6, 6.07) is 19.6. The third kappa shape index (κ3) is 6.72. The van der Waals surface area contributed by atoms with Crippen LogP contribution in [0.15, 0.2) is 76.7 Å². The van der Waals surface area contributed by atoms with Crippen molar-refractivity contribution in [2.45, 2.75) is 19.8 Å². The van der Waals surface area contributed by atoms with E-state index in [0.29, 0.717) is 22.7 Å². The molecule has 0 saturated heterocycles. The normalized spacial score (nSPS) is 12.9. The van der Waals surface area contributed by atoms with Crippen molar-refractivity contribution in [1.29, 1.82) is 0 Å². The van der Waals surface area contributed by atoms with Crippen molar-refractivity contribution in [3.05, 3.63) is 83.4 Å². The van der Waals surface area contributed by atoms with Gasteiger partial charge in [-0.1, -0.05) is 18.2 Å². The Bertz CT molecular complexity index is 1350. The molecule has 0 atom stereocenters. The molecule has 4 amide bonds. The van der Waals surface area contributed by atoms with Crippen LogP contribution < -0.4 is 26.6 Å². The van der Waals surface area contributed by atoms with Crippen LogP contribution in [-0.2, 0) is 0 Å². The number of amidine groups is 1. The van der Waals surface area contributed by atoms with Crippen molar-refractivity contribution in [3.8, 4) is 0 Å². The Kier molecular flexibility index (Phi) is 8.15. The van der Waals surface area contributed by atoms with Crippen LogP contribution in [0.25, 0.3) is 0 Å². The largest absolute Gasteiger partial charge is 0.373 e. The molecule has 0 radical (unpaired) electrons. The molecule has 1 aliphatic rings. The number of carbonyl (C=O) groups is 2. The highest BCUT2D eigenvalue weighted by atomic mass is 16.2. The lowest BCUT2D eigenvalue weighted by Gasteiger charge is -2.13. The molecule has 0 spiro atoms. The highest BCUT2D eigenvalue weighted by Crippen LogP contribution is 2.22. The number of hydrogen-bond donors (Lipinski definition) is 5. The molecule has 9 nitrogen and oxygen atoms in total. The SMILES string of the molecule is CN=C(NC)c1ccc(NC(=O)Nc2ccc(C)c(NC(=O)Nc3cccc(C4=NCCC4)c3)c2)cc1. The first-order chi connectivity index (χ1) is 17.9. The minimum atomic E-state index is -0.392. The smallest absolute Gasteiger partial charge is 0.323 e. The molecule has 0 fully saturated rings. The predicted octanol–water partition coefficient (Wildman–Crippen LogP) is 5.46. The summed E-state index contributed by atoms with van der Waals surface area (Å²) in [4.78, 5) is 33.9. The Labute approximate surface area is 216 Å². The Balaban J connectivity index is 1.36. The Hall–Kier alpha value is -4.66. The summed E-state index contributed by atoms with van der Waals surface area (Å²) in [7, 11) is 3.52. The molecule has 37 heavy (non-hydrogen) atoms. The zero-order valence-corrected chi connectivity index (χ0v) is 21.2. The second-order valence-electron chi connectivity index (χ2n) is 8.60. The minimum absolute atomic E-state index is 0.369. The molecular formula is C28H31N7O2. The number of rotatable bonds is 6. The number of carbonyl (C=O) groups excluding carboxylic acids is 2. The molecule has 0 aliphatic carbocycles. The number of nitrogens with zero attached hydrogens (tertiary/aromatic N) is 2. The molecule has 9 heteroatoms. The summed E-state index contributed by atoms with van der Waals surface area (Å²) in [6.07, 6.45) is 2.02. The van der Waals surface area contributed by atoms with Crippen LogP contribution in [-0.4, -0.2) is 44.2 Å². The van der Waals surface area contributed by atoms with Gasteiger partial charge in [-0.3, -0.25) is 9.98 Å². The Morgan fingerprint density at radius 1 is 0.838 bits per heavy atom. The van der Waals surface area contributed by atoms with Crippen molar-refractivity contribution in [1.82, 2.24) is 5.32 Å². The lowest BCUT2D eigenvalue weighted by atomic mass is 10.1. The highest BCUT2D eigenvalue weighted by molar-refractivity contribution is 6.05. The van der Waals surface area contributed by atoms with Crippen molar-refractivity contribution < 1.29 is 9.59 Å². The van der Waals surface area contributed by atoms with Gasteiger partial charge in [-0.05, 0) is 79.4 Å². The van der Waals surface area contributed by atoms with Crippen LogP contribution >= 0.6 is 0 Å². The molecule has 190 valence electrons. The summed E-state index contributed by atoms with van der Waals surface area (Å²) < 4.78 is 0. The van der Waals surface area contributed by atoms with E-state index >= 15 is 0 Å². The average Bonchev–Trinajstić information content (AvgIpc) is 3.43. The van der Waals surface area contributed by atoms with Crippen LogP contribution in [0.3, 0.4) is 0 Å². The molecule has 5 N–H and O–H groups in total. The first-order valence-corrected chi connectivity index (χ1v) is 12.1. The van der Waals surface area contributed by atoms with Crippen LogP contribution in [0.2, 0.25) is 0 Å². The number of aryl methyl sites for hydroxylation is 1. The van der Waals surface area contributed by atoms with Gasteiger partial charge in [0.1, 0.15) is 5.84 Å². The predicted molar refractivity (Wildman–Crippen MR) is 152 cm³/mol. The van der Waals surface area contributed by atoms with E-state index in [1.54, 1.807) is 38.4 Å². The maximum absolute atomic E-state index is 12.7. The fourth-order valence-electron chi connectivity index (χ4n) is 4.06. The zero-order chi connectivity index (χ0) is 26.2. The van der Waals surface area contributed by atoms with Crippen LogP contribution in [0.1, 0.15) is 29.5 Å². The number of aliphatic imine (C=N–C) groups is 2. The molecular weight excluding hydrogens is 466 g/mol. The molecule has 3 aromatic rings. The minimum Gasteiger partial charge on any atom is -0.373 e. The number of benzene rings is 3. The average molecular weight is 498 g/mol. The highest BCUT2D eigenvalue weighted by Gasteiger charge is 2.12. The third-order valence-corrected chi connectivity index (χ3v) is 5.95. The Morgan fingerprint density at radius 3 is 2.19 bits per heavy atom. The first-order valence-electron chi connectivity index (χ1n) is 12.1. The van der Waals surface area contributed by atoms with Gasteiger partial charge < -0.3 is 26.6 Å². The summed E-state index contributed by atoms with van der Waals surface area (Å²) in [5, 5.41) is 14.4. The van der Waals surface area contributed by atoms with Gasteiger partial charge in [0.2, 0.25) is 0 Å². The number of nitrogens with one attached hydrogen (secondary N) is 5. The number of amides is 4. The fraction of sp³-hybridized carbons (Fsp3) is 0.214. The van der Waals surface area contributed by atoms with Gasteiger partial charge in [0.25, 0.3) is 0 Å². The maximum atomic E-state index is 12.7. The second-order valence-corrected chi connectivity index (χ2v) is 8.60. The molecule has 0 bridgehead atoms. The van der Waals surface area contributed by atoms with E-state index in [1.807, 2.05) is 49.4 Å². The van der Waals surface area contributed by atoms with E-state index in [4.69, 9.17) is 0 Å². The van der Waals surface area contributed by atoms with Crippen molar-refractivity contribution in [2.75, 3.05) is 41.9 Å². The van der Waals surface area contributed by atoms with Gasteiger partial charge in [0.15, 0.2) is 0 Å². The molecule has 0 unspecified atom stereocenters. The van der Waals surface area contributed by atoms with Crippen LogP contribution in [0, 0.1) is 6.92 Å². The summed E-state index contributed by atoms with van der Waals surface area (Å²) in [5.74, 6) is 0.760. The summed E-state index contributed by atoms with van der Waals surface area (Å²) in [5.41, 5.74) is 6.36. The van der Waals surface area contributed by atoms with Gasteiger partial charge in [-0.25, -0.2) is 9.59 Å². The standard InChI is InChI=1S/C28H31N7O2/c1-18-9-12-23(34-27(36)32-21-13-10-19(11-14-21)26(29-2)30-3)17-25(18)35-28(37)33-22-7-4-6-20(16-22)24-8-5-15-31-24/h4,6-7,9-14,16-17H,5,8,15H2,1-3H3,(H,29,30)(H2,32,34,36)(H2,33,35,37). The molecule has 4 rings (SSSR count). The quantitative estimate of drug-likeness (QED) is 0.230. The number of anilines is 4. The van der Waals surface area contributed by atoms with Crippen LogP contribution in [0.4, 0.5) is 32.3 Å². The third-order valence-electron chi connectivity index (χ3n) is 5.95. The van der Waals surface area contributed by atoms with Gasteiger partial charge in [0.05, 0.1) is 0 Å². The van der Waals surface area contributed by atoms with Gasteiger partial charge >= 0.3 is 12.1 Å². The van der Waals surface area contributed by atoms with Gasteiger partial charge in [-0.2, -0.15) is 0 Å².